The maximum absolute atomic E-state index is 11.7. The van der Waals surface area contributed by atoms with Crippen molar-refractivity contribution in [2.75, 3.05) is 25.1 Å². The zero-order valence-electron chi connectivity index (χ0n) is 14.3. The van der Waals surface area contributed by atoms with Gasteiger partial charge in [-0.05, 0) is 50.2 Å². The van der Waals surface area contributed by atoms with Gasteiger partial charge in [-0.15, -0.1) is 0 Å². The number of esters is 1. The normalized spacial score (nSPS) is 10.2. The maximum atomic E-state index is 11.7. The fourth-order valence-electron chi connectivity index (χ4n) is 1.92. The summed E-state index contributed by atoms with van der Waals surface area (Å²) in [6.07, 6.45) is 0. The molecule has 0 saturated carbocycles. The SMILES string of the molecule is CCOCC(=O)OCC(=O)Nc1ccc(Oc2ccc(C)cc2)cc1. The molecule has 0 heterocycles. The summed E-state index contributed by atoms with van der Waals surface area (Å²) in [5, 5.41) is 2.64. The zero-order chi connectivity index (χ0) is 18.1. The van der Waals surface area contributed by atoms with Crippen molar-refractivity contribution >= 4 is 17.6 Å². The quantitative estimate of drug-likeness (QED) is 0.745. The van der Waals surface area contributed by atoms with Crippen LogP contribution in [0.1, 0.15) is 12.5 Å². The lowest BCUT2D eigenvalue weighted by Gasteiger charge is -2.09. The molecule has 6 nitrogen and oxygen atoms in total. The molecule has 0 aliphatic carbocycles. The highest BCUT2D eigenvalue weighted by atomic mass is 16.6. The van der Waals surface area contributed by atoms with Crippen LogP contribution in [0.4, 0.5) is 5.69 Å². The summed E-state index contributed by atoms with van der Waals surface area (Å²) in [5.41, 5.74) is 1.74. The van der Waals surface area contributed by atoms with Crippen LogP contribution >= 0.6 is 0 Å². The first-order chi connectivity index (χ1) is 12.1. The molecule has 2 rings (SSSR count). The number of amides is 1. The third-order valence-electron chi connectivity index (χ3n) is 3.18. The van der Waals surface area contributed by atoms with Crippen molar-refractivity contribution in [3.05, 3.63) is 54.1 Å². The van der Waals surface area contributed by atoms with Gasteiger partial charge in [-0.25, -0.2) is 4.79 Å². The highest BCUT2D eigenvalue weighted by Gasteiger charge is 2.08. The van der Waals surface area contributed by atoms with Crippen molar-refractivity contribution in [1.82, 2.24) is 0 Å². The van der Waals surface area contributed by atoms with Crippen molar-refractivity contribution in [2.24, 2.45) is 0 Å². The number of rotatable bonds is 8. The molecule has 1 amide bonds. The van der Waals surface area contributed by atoms with Crippen molar-refractivity contribution in [2.45, 2.75) is 13.8 Å². The van der Waals surface area contributed by atoms with Gasteiger partial charge in [0.05, 0.1) is 0 Å². The Bertz CT molecular complexity index is 695. The molecule has 25 heavy (non-hydrogen) atoms. The van der Waals surface area contributed by atoms with Crippen LogP contribution in [0.2, 0.25) is 0 Å². The smallest absolute Gasteiger partial charge is 0.332 e. The average molecular weight is 343 g/mol. The number of anilines is 1. The lowest BCUT2D eigenvalue weighted by Crippen LogP contribution is -2.22. The molecule has 0 spiro atoms. The van der Waals surface area contributed by atoms with Crippen molar-refractivity contribution in [1.29, 1.82) is 0 Å². The summed E-state index contributed by atoms with van der Waals surface area (Å²) in [5.74, 6) is 0.407. The predicted octanol–water partition coefficient (Wildman–Crippen LogP) is 3.31. The molecule has 0 saturated heterocycles. The fourth-order valence-corrected chi connectivity index (χ4v) is 1.92. The third kappa shape index (κ3) is 6.64. The van der Waals surface area contributed by atoms with E-state index in [1.54, 1.807) is 31.2 Å². The molecule has 0 bridgehead atoms. The minimum absolute atomic E-state index is 0.158. The van der Waals surface area contributed by atoms with Crippen molar-refractivity contribution in [3.8, 4) is 11.5 Å². The van der Waals surface area contributed by atoms with E-state index in [4.69, 9.17) is 14.2 Å². The van der Waals surface area contributed by atoms with Gasteiger partial charge >= 0.3 is 5.97 Å². The number of carbonyl (C=O) groups excluding carboxylic acids is 2. The predicted molar refractivity (Wildman–Crippen MR) is 93.8 cm³/mol. The first kappa shape index (κ1) is 18.5. The van der Waals surface area contributed by atoms with Crippen molar-refractivity contribution in [3.63, 3.8) is 0 Å². The van der Waals surface area contributed by atoms with Gasteiger partial charge in [-0.1, -0.05) is 17.7 Å². The topological polar surface area (TPSA) is 73.9 Å². The van der Waals surface area contributed by atoms with Crippen LogP contribution in [-0.2, 0) is 19.1 Å². The Morgan fingerprint density at radius 3 is 2.12 bits per heavy atom. The summed E-state index contributed by atoms with van der Waals surface area (Å²) in [6, 6.07) is 14.6. The Hall–Kier alpha value is -2.86. The lowest BCUT2D eigenvalue weighted by atomic mass is 10.2. The number of carbonyl (C=O) groups is 2. The molecule has 2 aromatic carbocycles. The minimum atomic E-state index is -0.571. The first-order valence-electron chi connectivity index (χ1n) is 7.94. The second-order valence-corrected chi connectivity index (χ2v) is 5.29. The molecule has 0 aromatic heterocycles. The third-order valence-corrected chi connectivity index (χ3v) is 3.18. The van der Waals surface area contributed by atoms with E-state index in [0.717, 1.165) is 11.3 Å². The van der Waals surface area contributed by atoms with Crippen LogP contribution in [0.25, 0.3) is 0 Å². The van der Waals surface area contributed by atoms with Gasteiger partial charge in [-0.2, -0.15) is 0 Å². The molecule has 0 radical (unpaired) electrons. The Balaban J connectivity index is 1.80. The van der Waals surface area contributed by atoms with Gasteiger partial charge in [0, 0.05) is 12.3 Å². The van der Waals surface area contributed by atoms with Crippen LogP contribution in [0.3, 0.4) is 0 Å². The van der Waals surface area contributed by atoms with Crippen molar-refractivity contribution < 1.29 is 23.8 Å². The molecule has 2 aromatic rings. The summed E-state index contributed by atoms with van der Waals surface area (Å²) in [7, 11) is 0. The molecular weight excluding hydrogens is 322 g/mol. The van der Waals surface area contributed by atoms with E-state index in [2.05, 4.69) is 5.32 Å². The number of hydrogen-bond acceptors (Lipinski definition) is 5. The van der Waals surface area contributed by atoms with E-state index in [0.29, 0.717) is 18.0 Å². The molecule has 0 atom stereocenters. The highest BCUT2D eigenvalue weighted by molar-refractivity contribution is 5.92. The molecule has 0 fully saturated rings. The lowest BCUT2D eigenvalue weighted by molar-refractivity contribution is -0.151. The number of ether oxygens (including phenoxy) is 3. The van der Waals surface area contributed by atoms with Crippen LogP contribution < -0.4 is 10.1 Å². The summed E-state index contributed by atoms with van der Waals surface area (Å²) < 4.78 is 15.4. The van der Waals surface area contributed by atoms with E-state index < -0.39 is 11.9 Å². The Kier molecular flexibility index (Phi) is 6.98. The highest BCUT2D eigenvalue weighted by Crippen LogP contribution is 2.23. The average Bonchev–Trinajstić information content (AvgIpc) is 2.62. The van der Waals surface area contributed by atoms with E-state index in [-0.39, 0.29) is 13.2 Å². The molecule has 0 aliphatic rings. The number of benzene rings is 2. The van der Waals surface area contributed by atoms with E-state index >= 15 is 0 Å². The Labute approximate surface area is 146 Å². The standard InChI is InChI=1S/C19H21NO5/c1-3-23-13-19(22)24-12-18(21)20-15-6-10-17(11-7-15)25-16-8-4-14(2)5-9-16/h4-11H,3,12-13H2,1-2H3,(H,20,21). The van der Waals surface area contributed by atoms with Gasteiger partial charge in [0.2, 0.25) is 0 Å². The van der Waals surface area contributed by atoms with Gasteiger partial charge in [0.1, 0.15) is 18.1 Å². The number of hydrogen-bond donors (Lipinski definition) is 1. The number of aryl methyl sites for hydroxylation is 1. The summed E-state index contributed by atoms with van der Waals surface area (Å²) in [6.45, 7) is 3.68. The van der Waals surface area contributed by atoms with Gasteiger partial charge in [-0.3, -0.25) is 4.79 Å². The maximum Gasteiger partial charge on any atom is 0.332 e. The molecule has 6 heteroatoms. The zero-order valence-corrected chi connectivity index (χ0v) is 14.3. The van der Waals surface area contributed by atoms with Gasteiger partial charge < -0.3 is 19.5 Å². The van der Waals surface area contributed by atoms with E-state index in [1.807, 2.05) is 31.2 Å². The second-order valence-electron chi connectivity index (χ2n) is 5.29. The Morgan fingerprint density at radius 2 is 1.52 bits per heavy atom. The van der Waals surface area contributed by atoms with E-state index in [1.165, 1.54) is 0 Å². The van der Waals surface area contributed by atoms with Gasteiger partial charge in [0.25, 0.3) is 5.91 Å². The summed E-state index contributed by atoms with van der Waals surface area (Å²) >= 11 is 0. The number of nitrogens with one attached hydrogen (secondary N) is 1. The Morgan fingerprint density at radius 1 is 0.920 bits per heavy atom. The monoisotopic (exact) mass is 343 g/mol. The first-order valence-corrected chi connectivity index (χ1v) is 7.94. The largest absolute Gasteiger partial charge is 0.457 e. The van der Waals surface area contributed by atoms with Crippen LogP contribution in [0, 0.1) is 6.92 Å². The fraction of sp³-hybridized carbons (Fsp3) is 0.263. The summed E-state index contributed by atoms with van der Waals surface area (Å²) in [4.78, 5) is 23.0. The van der Waals surface area contributed by atoms with Crippen LogP contribution in [-0.4, -0.2) is 31.7 Å². The minimum Gasteiger partial charge on any atom is -0.457 e. The molecule has 1 N–H and O–H groups in total. The molecule has 0 unspecified atom stereocenters. The molecule has 0 aliphatic heterocycles. The molecule has 132 valence electrons. The second kappa shape index (κ2) is 9.44. The molecular formula is C19H21NO5. The van der Waals surface area contributed by atoms with Crippen LogP contribution in [0.5, 0.6) is 11.5 Å². The van der Waals surface area contributed by atoms with E-state index in [9.17, 15) is 9.59 Å². The van der Waals surface area contributed by atoms with Gasteiger partial charge in [0.15, 0.2) is 6.61 Å². The van der Waals surface area contributed by atoms with Crippen LogP contribution in [0.15, 0.2) is 48.5 Å².